The van der Waals surface area contributed by atoms with Gasteiger partial charge in [0.2, 0.25) is 17.8 Å². The van der Waals surface area contributed by atoms with Crippen LogP contribution in [0.4, 0.5) is 17.8 Å². The summed E-state index contributed by atoms with van der Waals surface area (Å²) in [6.45, 7) is 11.8. The van der Waals surface area contributed by atoms with Gasteiger partial charge in [-0.3, -0.25) is 0 Å². The molecule has 1 heterocycles. The van der Waals surface area contributed by atoms with Crippen LogP contribution in [0.5, 0.6) is 0 Å². The first-order valence-corrected chi connectivity index (χ1v) is 7.18. The predicted octanol–water partition coefficient (Wildman–Crippen LogP) is 1.05. The maximum Gasteiger partial charge on any atom is 0.231 e. The third kappa shape index (κ3) is 4.80. The monoisotopic (exact) mass is 281 g/mol. The summed E-state index contributed by atoms with van der Waals surface area (Å²) >= 11 is 0. The molecule has 0 bridgehead atoms. The Hall–Kier alpha value is -1.63. The predicted molar refractivity (Wildman–Crippen MR) is 84.1 cm³/mol. The molecule has 0 aliphatic rings. The van der Waals surface area contributed by atoms with Crippen LogP contribution in [0.15, 0.2) is 0 Å². The van der Waals surface area contributed by atoms with E-state index in [4.69, 9.17) is 5.73 Å². The molecule has 20 heavy (non-hydrogen) atoms. The highest BCUT2D eigenvalue weighted by Crippen LogP contribution is 2.11. The van der Waals surface area contributed by atoms with Crippen LogP contribution in [0.25, 0.3) is 0 Å². The number of hydrogen-bond acceptors (Lipinski definition) is 7. The topological polar surface area (TPSA) is 83.2 Å². The summed E-state index contributed by atoms with van der Waals surface area (Å²) in [5, 5.41) is 3.20. The summed E-state index contributed by atoms with van der Waals surface area (Å²) in [7, 11) is 2.09. The van der Waals surface area contributed by atoms with Crippen molar-refractivity contribution in [1.82, 2.24) is 19.9 Å². The largest absolute Gasteiger partial charge is 0.368 e. The van der Waals surface area contributed by atoms with Crippen molar-refractivity contribution in [3.63, 3.8) is 0 Å². The Labute approximate surface area is 121 Å². The van der Waals surface area contributed by atoms with Crippen molar-refractivity contribution in [2.45, 2.75) is 33.7 Å². The van der Waals surface area contributed by atoms with Gasteiger partial charge in [0.1, 0.15) is 0 Å². The molecule has 0 saturated carbocycles. The fourth-order valence-corrected chi connectivity index (χ4v) is 1.71. The second kappa shape index (κ2) is 7.84. The molecule has 0 aliphatic carbocycles. The lowest BCUT2D eigenvalue weighted by molar-refractivity contribution is 0.284. The van der Waals surface area contributed by atoms with Crippen molar-refractivity contribution in [1.29, 1.82) is 0 Å². The van der Waals surface area contributed by atoms with E-state index in [2.05, 4.69) is 59.9 Å². The zero-order valence-corrected chi connectivity index (χ0v) is 13.2. The van der Waals surface area contributed by atoms with Gasteiger partial charge in [-0.25, -0.2) is 0 Å². The summed E-state index contributed by atoms with van der Waals surface area (Å²) in [6.07, 6.45) is 0. The molecule has 0 spiro atoms. The van der Waals surface area contributed by atoms with E-state index in [9.17, 15) is 0 Å². The van der Waals surface area contributed by atoms with Crippen LogP contribution in [0.2, 0.25) is 0 Å². The van der Waals surface area contributed by atoms with E-state index in [1.54, 1.807) is 0 Å². The highest BCUT2D eigenvalue weighted by atomic mass is 15.3. The minimum atomic E-state index is 0.251. The molecule has 114 valence electrons. The Morgan fingerprint density at radius 2 is 1.80 bits per heavy atom. The summed E-state index contributed by atoms with van der Waals surface area (Å²) in [5.41, 5.74) is 5.75. The van der Waals surface area contributed by atoms with Gasteiger partial charge >= 0.3 is 0 Å². The molecule has 0 unspecified atom stereocenters. The number of nitrogen functional groups attached to an aromatic ring is 1. The normalized spacial score (nSPS) is 11.2. The summed E-state index contributed by atoms with van der Waals surface area (Å²) in [5.74, 6) is 1.42. The SMILES string of the molecule is CCN(CC)c1nc(N)nc(NCCN(C)C(C)C)n1. The lowest BCUT2D eigenvalue weighted by Crippen LogP contribution is -2.31. The molecule has 0 radical (unpaired) electrons. The van der Waals surface area contributed by atoms with Gasteiger partial charge in [0.15, 0.2) is 0 Å². The van der Waals surface area contributed by atoms with Gasteiger partial charge in [-0.1, -0.05) is 0 Å². The summed E-state index contributed by atoms with van der Waals surface area (Å²) in [4.78, 5) is 17.0. The van der Waals surface area contributed by atoms with Crippen molar-refractivity contribution in [2.24, 2.45) is 0 Å². The zero-order valence-electron chi connectivity index (χ0n) is 13.2. The van der Waals surface area contributed by atoms with Gasteiger partial charge in [-0.2, -0.15) is 15.0 Å². The van der Waals surface area contributed by atoms with Gasteiger partial charge in [0, 0.05) is 32.2 Å². The average molecular weight is 281 g/mol. The fourth-order valence-electron chi connectivity index (χ4n) is 1.71. The number of anilines is 3. The van der Waals surface area contributed by atoms with Gasteiger partial charge in [0.05, 0.1) is 0 Å². The van der Waals surface area contributed by atoms with Crippen LogP contribution in [0.1, 0.15) is 27.7 Å². The van der Waals surface area contributed by atoms with Crippen molar-refractivity contribution in [2.75, 3.05) is 49.2 Å². The van der Waals surface area contributed by atoms with Crippen molar-refractivity contribution in [3.8, 4) is 0 Å². The number of rotatable bonds is 8. The third-order valence-electron chi connectivity index (χ3n) is 3.32. The Balaban J connectivity index is 2.66. The maximum absolute atomic E-state index is 5.75. The van der Waals surface area contributed by atoms with Gasteiger partial charge in [0.25, 0.3) is 0 Å². The standard InChI is InChI=1S/C13H27N7/c1-6-20(7-2)13-17-11(14)16-12(18-13)15-8-9-19(5)10(3)4/h10H,6-9H2,1-5H3,(H3,14,15,16,17,18). The lowest BCUT2D eigenvalue weighted by atomic mass is 10.3. The highest BCUT2D eigenvalue weighted by molar-refractivity contribution is 5.41. The summed E-state index contributed by atoms with van der Waals surface area (Å²) < 4.78 is 0. The molecule has 1 aromatic rings. The molecular weight excluding hydrogens is 254 g/mol. The van der Waals surface area contributed by atoms with Crippen molar-refractivity contribution < 1.29 is 0 Å². The first-order chi connectivity index (χ1) is 9.47. The van der Waals surface area contributed by atoms with E-state index in [1.807, 2.05) is 4.90 Å². The van der Waals surface area contributed by atoms with E-state index in [1.165, 1.54) is 0 Å². The van der Waals surface area contributed by atoms with Crippen LogP contribution in [-0.2, 0) is 0 Å². The molecule has 7 heteroatoms. The van der Waals surface area contributed by atoms with Gasteiger partial charge < -0.3 is 20.9 Å². The smallest absolute Gasteiger partial charge is 0.231 e. The van der Waals surface area contributed by atoms with E-state index >= 15 is 0 Å². The van der Waals surface area contributed by atoms with Crippen molar-refractivity contribution in [3.05, 3.63) is 0 Å². The third-order valence-corrected chi connectivity index (χ3v) is 3.32. The molecule has 0 amide bonds. The number of nitrogens with one attached hydrogen (secondary N) is 1. The van der Waals surface area contributed by atoms with Crippen molar-refractivity contribution >= 4 is 17.8 Å². The number of likely N-dealkylation sites (N-methyl/N-ethyl adjacent to an activating group) is 1. The van der Waals surface area contributed by atoms with E-state index in [-0.39, 0.29) is 5.95 Å². The van der Waals surface area contributed by atoms with Crippen LogP contribution in [-0.4, -0.2) is 59.1 Å². The van der Waals surface area contributed by atoms with Crippen LogP contribution in [0, 0.1) is 0 Å². The molecule has 0 fully saturated rings. The Bertz CT molecular complexity index is 404. The highest BCUT2D eigenvalue weighted by Gasteiger charge is 2.10. The molecule has 1 rings (SSSR count). The quantitative estimate of drug-likeness (QED) is 0.737. The minimum Gasteiger partial charge on any atom is -0.368 e. The molecule has 0 atom stereocenters. The first-order valence-electron chi connectivity index (χ1n) is 7.18. The van der Waals surface area contributed by atoms with E-state index in [0.29, 0.717) is 17.9 Å². The molecular formula is C13H27N7. The van der Waals surface area contributed by atoms with E-state index in [0.717, 1.165) is 26.2 Å². The molecule has 0 aliphatic heterocycles. The molecule has 3 N–H and O–H groups in total. The second-order valence-corrected chi connectivity index (χ2v) is 4.99. The number of aromatic nitrogens is 3. The molecule has 0 aromatic carbocycles. The van der Waals surface area contributed by atoms with Crippen LogP contribution >= 0.6 is 0 Å². The molecule has 1 aromatic heterocycles. The Kier molecular flexibility index (Phi) is 6.44. The van der Waals surface area contributed by atoms with Crippen LogP contribution < -0.4 is 16.0 Å². The van der Waals surface area contributed by atoms with E-state index < -0.39 is 0 Å². The number of hydrogen-bond donors (Lipinski definition) is 2. The van der Waals surface area contributed by atoms with Gasteiger partial charge in [-0.05, 0) is 34.7 Å². The average Bonchev–Trinajstić information content (AvgIpc) is 2.39. The number of nitrogens with zero attached hydrogens (tertiary/aromatic N) is 5. The number of nitrogens with two attached hydrogens (primary N) is 1. The van der Waals surface area contributed by atoms with Crippen LogP contribution in [0.3, 0.4) is 0 Å². The minimum absolute atomic E-state index is 0.251. The molecule has 0 saturated heterocycles. The summed E-state index contributed by atoms with van der Waals surface area (Å²) in [6, 6.07) is 0.520. The Morgan fingerprint density at radius 1 is 1.15 bits per heavy atom. The lowest BCUT2D eigenvalue weighted by Gasteiger charge is -2.21. The Morgan fingerprint density at radius 3 is 2.35 bits per heavy atom. The first kappa shape index (κ1) is 16.4. The second-order valence-electron chi connectivity index (χ2n) is 4.99. The van der Waals surface area contributed by atoms with Gasteiger partial charge in [-0.15, -0.1) is 0 Å². The maximum atomic E-state index is 5.75. The molecule has 7 nitrogen and oxygen atoms in total. The fraction of sp³-hybridized carbons (Fsp3) is 0.769. The zero-order chi connectivity index (χ0) is 15.1.